The summed E-state index contributed by atoms with van der Waals surface area (Å²) in [5.41, 5.74) is 2.63. The molecule has 0 aliphatic heterocycles. The van der Waals surface area contributed by atoms with Crippen molar-refractivity contribution in [3.63, 3.8) is 0 Å². The highest BCUT2D eigenvalue weighted by molar-refractivity contribution is 5.80. The van der Waals surface area contributed by atoms with Crippen molar-refractivity contribution in [2.24, 2.45) is 0 Å². The van der Waals surface area contributed by atoms with Gasteiger partial charge in [0, 0.05) is 31.3 Å². The van der Waals surface area contributed by atoms with Crippen molar-refractivity contribution in [3.8, 4) is 0 Å². The Morgan fingerprint density at radius 3 is 3.06 bits per heavy atom. The molecule has 0 amide bonds. The molecule has 0 atom stereocenters. The fourth-order valence-corrected chi connectivity index (χ4v) is 1.89. The fraction of sp³-hybridized carbons (Fsp3) is 0.286. The third-order valence-corrected chi connectivity index (χ3v) is 2.75. The topological polar surface area (TPSA) is 17.0 Å². The summed E-state index contributed by atoms with van der Waals surface area (Å²) >= 11 is 0. The normalized spacial score (nSPS) is 10.8. The zero-order chi connectivity index (χ0) is 11.4. The second-order valence-electron chi connectivity index (χ2n) is 4.06. The van der Waals surface area contributed by atoms with E-state index in [-0.39, 0.29) is 0 Å². The Kier molecular flexibility index (Phi) is 3.42. The average Bonchev–Trinajstić information content (AvgIpc) is 2.67. The maximum Gasteiger partial charge on any atom is 0.0483 e. The monoisotopic (exact) mass is 214 g/mol. The number of hydrogen-bond donors (Lipinski definition) is 1. The Bertz CT molecular complexity index is 482. The van der Waals surface area contributed by atoms with Gasteiger partial charge in [0.05, 0.1) is 0 Å². The molecule has 1 N–H and O–H groups in total. The predicted octanol–water partition coefficient (Wildman–Crippen LogP) is 2.73. The molecule has 2 rings (SSSR count). The minimum absolute atomic E-state index is 0.873. The maximum atomic E-state index is 3.69. The van der Waals surface area contributed by atoms with E-state index in [1.165, 1.54) is 16.5 Å². The molecular weight excluding hydrogens is 196 g/mol. The molecule has 1 aromatic heterocycles. The van der Waals surface area contributed by atoms with Crippen LogP contribution in [-0.2, 0) is 6.54 Å². The first-order chi connectivity index (χ1) is 7.81. The zero-order valence-electron chi connectivity index (χ0n) is 9.74. The second kappa shape index (κ2) is 4.99. The smallest absolute Gasteiger partial charge is 0.0483 e. The number of hydrogen-bond acceptors (Lipinski definition) is 1. The van der Waals surface area contributed by atoms with Gasteiger partial charge in [-0.2, -0.15) is 0 Å². The van der Waals surface area contributed by atoms with Crippen LogP contribution in [0.4, 0.5) is 0 Å². The van der Waals surface area contributed by atoms with Gasteiger partial charge in [-0.25, -0.2) is 0 Å². The molecule has 2 heteroatoms. The third-order valence-electron chi connectivity index (χ3n) is 2.75. The molecular formula is C14H18N2. The summed E-state index contributed by atoms with van der Waals surface area (Å²) < 4.78 is 2.29. The Balaban J connectivity index is 2.11. The molecule has 1 heterocycles. The van der Waals surface area contributed by atoms with Gasteiger partial charge in [0.2, 0.25) is 0 Å². The van der Waals surface area contributed by atoms with Crippen molar-refractivity contribution < 1.29 is 0 Å². The number of aryl methyl sites for hydroxylation is 1. The maximum absolute atomic E-state index is 3.69. The Morgan fingerprint density at radius 1 is 1.38 bits per heavy atom. The third kappa shape index (κ3) is 2.34. The van der Waals surface area contributed by atoms with Crippen LogP contribution in [0.3, 0.4) is 0 Å². The number of nitrogens with one attached hydrogen (secondary N) is 1. The lowest BCUT2D eigenvalue weighted by molar-refractivity contribution is 0.640. The molecule has 2 nitrogen and oxygen atoms in total. The van der Waals surface area contributed by atoms with Crippen molar-refractivity contribution in [3.05, 3.63) is 48.7 Å². The Hall–Kier alpha value is -1.54. The number of aromatic nitrogens is 1. The number of fused-ring (bicyclic) bond motifs is 1. The van der Waals surface area contributed by atoms with Gasteiger partial charge in [-0.1, -0.05) is 18.2 Å². The molecule has 0 spiro atoms. The highest BCUT2D eigenvalue weighted by Crippen LogP contribution is 2.16. The molecule has 0 saturated heterocycles. The van der Waals surface area contributed by atoms with Crippen LogP contribution in [0, 0.1) is 6.92 Å². The van der Waals surface area contributed by atoms with Crippen molar-refractivity contribution in [1.82, 2.24) is 9.88 Å². The van der Waals surface area contributed by atoms with E-state index < -0.39 is 0 Å². The van der Waals surface area contributed by atoms with E-state index in [4.69, 9.17) is 0 Å². The molecule has 0 bridgehead atoms. The van der Waals surface area contributed by atoms with Crippen LogP contribution in [0.1, 0.15) is 5.56 Å². The van der Waals surface area contributed by atoms with E-state index in [9.17, 15) is 0 Å². The lowest BCUT2D eigenvalue weighted by Crippen LogP contribution is -2.19. The van der Waals surface area contributed by atoms with Crippen LogP contribution in [-0.4, -0.2) is 17.7 Å². The van der Waals surface area contributed by atoms with Crippen LogP contribution >= 0.6 is 0 Å². The lowest BCUT2D eigenvalue weighted by atomic mass is 10.2. The molecule has 2 aromatic rings. The van der Waals surface area contributed by atoms with E-state index in [0.717, 1.165) is 19.6 Å². The van der Waals surface area contributed by atoms with Gasteiger partial charge >= 0.3 is 0 Å². The van der Waals surface area contributed by atoms with Gasteiger partial charge in [-0.05, 0) is 30.0 Å². The van der Waals surface area contributed by atoms with Crippen molar-refractivity contribution in [1.29, 1.82) is 0 Å². The molecule has 0 aliphatic carbocycles. The Morgan fingerprint density at radius 2 is 2.25 bits per heavy atom. The van der Waals surface area contributed by atoms with Gasteiger partial charge < -0.3 is 9.88 Å². The van der Waals surface area contributed by atoms with Crippen molar-refractivity contribution >= 4 is 10.9 Å². The van der Waals surface area contributed by atoms with Gasteiger partial charge in [-0.15, -0.1) is 6.58 Å². The number of nitrogens with zero attached hydrogens (tertiary/aromatic N) is 1. The molecule has 16 heavy (non-hydrogen) atoms. The van der Waals surface area contributed by atoms with Gasteiger partial charge in [0.25, 0.3) is 0 Å². The van der Waals surface area contributed by atoms with Gasteiger partial charge in [0.15, 0.2) is 0 Å². The fourth-order valence-electron chi connectivity index (χ4n) is 1.89. The van der Waals surface area contributed by atoms with E-state index >= 15 is 0 Å². The molecule has 0 radical (unpaired) electrons. The van der Waals surface area contributed by atoms with E-state index in [0.29, 0.717) is 0 Å². The first-order valence-electron chi connectivity index (χ1n) is 5.68. The lowest BCUT2D eigenvalue weighted by Gasteiger charge is -2.06. The average molecular weight is 214 g/mol. The molecule has 0 aliphatic rings. The summed E-state index contributed by atoms with van der Waals surface area (Å²) in [7, 11) is 0. The van der Waals surface area contributed by atoms with Crippen LogP contribution in [0.15, 0.2) is 43.1 Å². The summed E-state index contributed by atoms with van der Waals surface area (Å²) in [6.07, 6.45) is 4.04. The van der Waals surface area contributed by atoms with Crippen molar-refractivity contribution in [2.75, 3.05) is 13.1 Å². The summed E-state index contributed by atoms with van der Waals surface area (Å²) in [6.45, 7) is 8.67. The van der Waals surface area contributed by atoms with Crippen LogP contribution in [0.25, 0.3) is 10.9 Å². The van der Waals surface area contributed by atoms with Crippen LogP contribution < -0.4 is 5.32 Å². The molecule has 84 valence electrons. The summed E-state index contributed by atoms with van der Waals surface area (Å²) in [5.74, 6) is 0. The second-order valence-corrected chi connectivity index (χ2v) is 4.06. The minimum Gasteiger partial charge on any atom is -0.346 e. The minimum atomic E-state index is 0.873. The van der Waals surface area contributed by atoms with E-state index in [2.05, 4.69) is 53.8 Å². The molecule has 1 aromatic carbocycles. The predicted molar refractivity (Wildman–Crippen MR) is 69.7 cm³/mol. The summed E-state index contributed by atoms with van der Waals surface area (Å²) in [4.78, 5) is 0. The molecule has 0 fully saturated rings. The zero-order valence-corrected chi connectivity index (χ0v) is 9.74. The quantitative estimate of drug-likeness (QED) is 0.598. The summed E-state index contributed by atoms with van der Waals surface area (Å²) in [5, 5.41) is 4.63. The number of rotatable bonds is 5. The van der Waals surface area contributed by atoms with E-state index in [1.807, 2.05) is 6.08 Å². The highest BCUT2D eigenvalue weighted by atomic mass is 15.0. The number of benzene rings is 1. The van der Waals surface area contributed by atoms with Crippen LogP contribution in [0.2, 0.25) is 0 Å². The van der Waals surface area contributed by atoms with E-state index in [1.54, 1.807) is 0 Å². The van der Waals surface area contributed by atoms with Crippen molar-refractivity contribution in [2.45, 2.75) is 13.5 Å². The highest BCUT2D eigenvalue weighted by Gasteiger charge is 2.00. The SMILES string of the molecule is C=CCNCCn1ccc2ccc(C)cc21. The molecule has 0 saturated carbocycles. The van der Waals surface area contributed by atoms with Crippen LogP contribution in [0.5, 0.6) is 0 Å². The first kappa shape index (κ1) is 11.0. The Labute approximate surface area is 96.6 Å². The molecule has 0 unspecified atom stereocenters. The summed E-state index contributed by atoms with van der Waals surface area (Å²) in [6, 6.07) is 8.74. The largest absolute Gasteiger partial charge is 0.346 e. The first-order valence-corrected chi connectivity index (χ1v) is 5.68. The standard InChI is InChI=1S/C14H18N2/c1-3-7-15-8-10-16-9-6-13-5-4-12(2)11-14(13)16/h3-6,9,11,15H,1,7-8,10H2,2H3. The van der Waals surface area contributed by atoms with Gasteiger partial charge in [-0.3, -0.25) is 0 Å². The van der Waals surface area contributed by atoms with Gasteiger partial charge in [0.1, 0.15) is 0 Å².